The van der Waals surface area contributed by atoms with Gasteiger partial charge in [-0.2, -0.15) is 0 Å². The fourth-order valence-corrected chi connectivity index (χ4v) is 3.97. The molecule has 0 unspecified atom stereocenters. The Balaban J connectivity index is 2.02. The van der Waals surface area contributed by atoms with Crippen molar-refractivity contribution in [2.45, 2.75) is 13.5 Å². The van der Waals surface area contributed by atoms with Crippen LogP contribution in [-0.2, 0) is 6.54 Å². The zero-order chi connectivity index (χ0) is 13.8. The molecule has 0 saturated heterocycles. The Hall–Kier alpha value is -0.390. The predicted molar refractivity (Wildman–Crippen MR) is 83.9 cm³/mol. The van der Waals surface area contributed by atoms with Crippen molar-refractivity contribution >= 4 is 51.7 Å². The Morgan fingerprint density at radius 2 is 2.21 bits per heavy atom. The van der Waals surface area contributed by atoms with Gasteiger partial charge in [0, 0.05) is 11.4 Å². The molecule has 0 aliphatic rings. The van der Waals surface area contributed by atoms with Crippen LogP contribution >= 0.6 is 45.9 Å². The average molecular weight is 334 g/mol. The van der Waals surface area contributed by atoms with Crippen LogP contribution in [0.15, 0.2) is 23.6 Å². The molecule has 2 aromatic heterocycles. The highest BCUT2D eigenvalue weighted by molar-refractivity contribution is 7.20. The molecule has 102 valence electrons. The Bertz CT molecular complexity index is 551. The molecule has 0 amide bonds. The van der Waals surface area contributed by atoms with Crippen molar-refractivity contribution < 1.29 is 4.79 Å². The van der Waals surface area contributed by atoms with Crippen LogP contribution in [0.3, 0.4) is 0 Å². The third-order valence-electron chi connectivity index (χ3n) is 2.73. The van der Waals surface area contributed by atoms with Crippen LogP contribution in [0.1, 0.15) is 22.2 Å². The molecule has 0 aliphatic carbocycles. The molecule has 0 bridgehead atoms. The lowest BCUT2D eigenvalue weighted by molar-refractivity contribution is 0.0931. The van der Waals surface area contributed by atoms with Crippen LogP contribution in [0.5, 0.6) is 0 Å². The third kappa shape index (κ3) is 4.04. The average Bonchev–Trinajstić information content (AvgIpc) is 2.98. The van der Waals surface area contributed by atoms with Crippen molar-refractivity contribution in [3.8, 4) is 0 Å². The Morgan fingerprint density at radius 1 is 1.42 bits per heavy atom. The van der Waals surface area contributed by atoms with Crippen molar-refractivity contribution in [1.82, 2.24) is 4.90 Å². The van der Waals surface area contributed by atoms with E-state index < -0.39 is 0 Å². The molecule has 0 atom stereocenters. The lowest BCUT2D eigenvalue weighted by atomic mass is 10.2. The minimum absolute atomic E-state index is 0.0200. The van der Waals surface area contributed by atoms with Gasteiger partial charge in [-0.3, -0.25) is 9.69 Å². The van der Waals surface area contributed by atoms with Gasteiger partial charge in [-0.05, 0) is 24.1 Å². The molecule has 2 nitrogen and oxygen atoms in total. The Labute approximate surface area is 130 Å². The molecule has 6 heteroatoms. The summed E-state index contributed by atoms with van der Waals surface area (Å²) in [5.74, 6) is 0.0200. The van der Waals surface area contributed by atoms with Crippen LogP contribution in [0, 0.1) is 0 Å². The second-order valence-electron chi connectivity index (χ2n) is 4.04. The molecule has 2 aromatic rings. The maximum atomic E-state index is 12.2. The molecule has 0 aromatic carbocycles. The summed E-state index contributed by atoms with van der Waals surface area (Å²) in [6.45, 7) is 4.01. The number of nitrogens with zero attached hydrogens (tertiary/aromatic N) is 1. The van der Waals surface area contributed by atoms with Crippen LogP contribution in [0.25, 0.3) is 0 Å². The standard InChI is InChI=1S/C13H13Cl2NOS2/c1-2-16(7-9-4-3-5-18-9)8-11(17)10-6-12(14)19-13(10)15/h3-6H,2,7-8H2,1H3. The lowest BCUT2D eigenvalue weighted by Gasteiger charge is -2.18. The van der Waals surface area contributed by atoms with E-state index in [-0.39, 0.29) is 5.78 Å². The highest BCUT2D eigenvalue weighted by atomic mass is 35.5. The number of Topliss-reactive ketones (excluding diaryl/α,β-unsaturated/α-hetero) is 1. The molecule has 0 saturated carbocycles. The van der Waals surface area contributed by atoms with Crippen LogP contribution in [-0.4, -0.2) is 23.8 Å². The smallest absolute Gasteiger partial charge is 0.179 e. The zero-order valence-corrected chi connectivity index (χ0v) is 13.5. The van der Waals surface area contributed by atoms with Gasteiger partial charge in [-0.15, -0.1) is 22.7 Å². The quantitative estimate of drug-likeness (QED) is 0.706. The van der Waals surface area contributed by atoms with Gasteiger partial charge in [0.2, 0.25) is 0 Å². The number of hydrogen-bond acceptors (Lipinski definition) is 4. The second kappa shape index (κ2) is 6.86. The molecule has 0 radical (unpaired) electrons. The first-order chi connectivity index (χ1) is 9.10. The van der Waals surface area contributed by atoms with Gasteiger partial charge in [0.05, 0.1) is 16.4 Å². The molecular weight excluding hydrogens is 321 g/mol. The van der Waals surface area contributed by atoms with Gasteiger partial charge in [0.1, 0.15) is 4.34 Å². The normalized spacial score (nSPS) is 11.2. The van der Waals surface area contributed by atoms with E-state index >= 15 is 0 Å². The molecule has 0 aliphatic heterocycles. The summed E-state index contributed by atoms with van der Waals surface area (Å²) in [7, 11) is 0. The van der Waals surface area contributed by atoms with E-state index in [9.17, 15) is 4.79 Å². The topological polar surface area (TPSA) is 20.3 Å². The van der Waals surface area contributed by atoms with E-state index in [2.05, 4.69) is 11.0 Å². The predicted octanol–water partition coefficient (Wildman–Crippen LogP) is 4.82. The van der Waals surface area contributed by atoms with Crippen LogP contribution in [0.2, 0.25) is 8.67 Å². The second-order valence-corrected chi connectivity index (χ2v) is 7.36. The van der Waals surface area contributed by atoms with E-state index in [0.29, 0.717) is 20.8 Å². The Kier molecular flexibility index (Phi) is 5.42. The maximum Gasteiger partial charge on any atom is 0.179 e. The SMILES string of the molecule is CCN(CC(=O)c1cc(Cl)sc1Cl)Cc1cccs1. The van der Waals surface area contributed by atoms with Gasteiger partial charge < -0.3 is 0 Å². The number of halogens is 2. The first-order valence-electron chi connectivity index (χ1n) is 5.83. The molecule has 19 heavy (non-hydrogen) atoms. The van der Waals surface area contributed by atoms with Crippen molar-refractivity contribution in [3.63, 3.8) is 0 Å². The highest BCUT2D eigenvalue weighted by Crippen LogP contribution is 2.31. The van der Waals surface area contributed by atoms with Crippen molar-refractivity contribution in [2.24, 2.45) is 0 Å². The van der Waals surface area contributed by atoms with Gasteiger partial charge in [0.15, 0.2) is 5.78 Å². The number of likely N-dealkylation sites (N-methyl/N-ethyl adjacent to an activating group) is 1. The summed E-state index contributed by atoms with van der Waals surface area (Å²) in [6, 6.07) is 5.74. The molecule has 0 N–H and O–H groups in total. The molecular formula is C13H13Cl2NOS2. The summed E-state index contributed by atoms with van der Waals surface area (Å²) in [5, 5.41) is 2.04. The first-order valence-corrected chi connectivity index (χ1v) is 8.28. The number of thiophene rings is 2. The van der Waals surface area contributed by atoms with E-state index in [0.717, 1.165) is 13.1 Å². The summed E-state index contributed by atoms with van der Waals surface area (Å²) in [5.41, 5.74) is 0.529. The van der Waals surface area contributed by atoms with Gasteiger partial charge in [-0.25, -0.2) is 0 Å². The molecule has 2 heterocycles. The monoisotopic (exact) mass is 333 g/mol. The maximum absolute atomic E-state index is 12.2. The van der Waals surface area contributed by atoms with Crippen LogP contribution < -0.4 is 0 Å². The minimum Gasteiger partial charge on any atom is -0.293 e. The Morgan fingerprint density at radius 3 is 2.74 bits per heavy atom. The van der Waals surface area contributed by atoms with E-state index in [1.165, 1.54) is 16.2 Å². The zero-order valence-electron chi connectivity index (χ0n) is 10.4. The lowest BCUT2D eigenvalue weighted by Crippen LogP contribution is -2.29. The van der Waals surface area contributed by atoms with Gasteiger partial charge in [0.25, 0.3) is 0 Å². The first kappa shape index (κ1) is 15.0. The van der Waals surface area contributed by atoms with Crippen LogP contribution in [0.4, 0.5) is 0 Å². The third-order valence-corrected chi connectivity index (χ3v) is 5.08. The molecule has 0 spiro atoms. The number of ketones is 1. The highest BCUT2D eigenvalue weighted by Gasteiger charge is 2.17. The number of carbonyl (C=O) groups excluding carboxylic acids is 1. The number of hydrogen-bond donors (Lipinski definition) is 0. The summed E-state index contributed by atoms with van der Waals surface area (Å²) < 4.78 is 1.02. The van der Waals surface area contributed by atoms with E-state index in [4.69, 9.17) is 23.2 Å². The van der Waals surface area contributed by atoms with Crippen molar-refractivity contribution in [3.05, 3.63) is 42.7 Å². The largest absolute Gasteiger partial charge is 0.293 e. The summed E-state index contributed by atoms with van der Waals surface area (Å²) in [4.78, 5) is 15.5. The van der Waals surface area contributed by atoms with E-state index in [1.54, 1.807) is 17.4 Å². The fraction of sp³-hybridized carbons (Fsp3) is 0.308. The number of rotatable bonds is 6. The van der Waals surface area contributed by atoms with E-state index in [1.807, 2.05) is 18.4 Å². The fourth-order valence-electron chi connectivity index (χ4n) is 1.72. The van der Waals surface area contributed by atoms with Crippen molar-refractivity contribution in [2.75, 3.05) is 13.1 Å². The van der Waals surface area contributed by atoms with Crippen molar-refractivity contribution in [1.29, 1.82) is 0 Å². The minimum atomic E-state index is 0.0200. The molecule has 2 rings (SSSR count). The summed E-state index contributed by atoms with van der Waals surface area (Å²) >= 11 is 14.8. The van der Waals surface area contributed by atoms with Gasteiger partial charge in [-0.1, -0.05) is 36.2 Å². The number of carbonyl (C=O) groups is 1. The van der Waals surface area contributed by atoms with Gasteiger partial charge >= 0.3 is 0 Å². The molecule has 0 fully saturated rings. The summed E-state index contributed by atoms with van der Waals surface area (Å²) in [6.07, 6.45) is 0.